The summed E-state index contributed by atoms with van der Waals surface area (Å²) in [6.45, 7) is 5.21. The van der Waals surface area contributed by atoms with Crippen LogP contribution in [0.4, 0.5) is 18.9 Å². The Labute approximate surface area is 187 Å². The molecule has 2 N–H and O–H groups in total. The average Bonchev–Trinajstić information content (AvgIpc) is 3.22. The Kier molecular flexibility index (Phi) is 7.24. The monoisotopic (exact) mass is 462 g/mol. The van der Waals surface area contributed by atoms with Crippen molar-refractivity contribution in [3.63, 3.8) is 0 Å². The number of nitrogens with zero attached hydrogens (tertiary/aromatic N) is 2. The van der Waals surface area contributed by atoms with E-state index >= 15 is 0 Å². The van der Waals surface area contributed by atoms with Gasteiger partial charge in [0.1, 0.15) is 0 Å². The molecule has 1 aromatic heterocycles. The molecule has 6 nitrogen and oxygen atoms in total. The van der Waals surface area contributed by atoms with Gasteiger partial charge < -0.3 is 10.6 Å². The molecule has 0 aliphatic carbocycles. The van der Waals surface area contributed by atoms with Crippen LogP contribution < -0.4 is 10.6 Å². The highest BCUT2D eigenvalue weighted by Crippen LogP contribution is 2.27. The maximum Gasteiger partial charge on any atom is 0.243 e. The molecule has 0 aliphatic rings. The highest BCUT2D eigenvalue weighted by molar-refractivity contribution is 8.00. The zero-order valence-electron chi connectivity index (χ0n) is 17.6. The molecule has 0 radical (unpaired) electrons. The standard InChI is InChI=1S/C22H21F3N4O2S/c1-12-5-4-6-17(13(12)2)29-10-9-26-22(29)32-14(3)21(31)27-11-18(30)28-16-8-7-15(23)19(24)20(16)25/h4-10,14H,11H2,1-3H3,(H,27,31)(H,28,30). The summed E-state index contributed by atoms with van der Waals surface area (Å²) in [4.78, 5) is 28.7. The van der Waals surface area contributed by atoms with Gasteiger partial charge in [0, 0.05) is 12.4 Å². The number of carbonyl (C=O) groups is 2. The van der Waals surface area contributed by atoms with Crippen molar-refractivity contribution in [2.75, 3.05) is 11.9 Å². The van der Waals surface area contributed by atoms with Crippen molar-refractivity contribution in [2.45, 2.75) is 31.2 Å². The second kappa shape index (κ2) is 9.90. The van der Waals surface area contributed by atoms with Crippen LogP contribution in [0.1, 0.15) is 18.1 Å². The number of aromatic nitrogens is 2. The summed E-state index contributed by atoms with van der Waals surface area (Å²) in [5.74, 6) is -5.77. The number of nitrogens with one attached hydrogen (secondary N) is 2. The van der Waals surface area contributed by atoms with Gasteiger partial charge >= 0.3 is 0 Å². The molecule has 32 heavy (non-hydrogen) atoms. The molecule has 1 heterocycles. The Morgan fingerprint density at radius 3 is 2.62 bits per heavy atom. The molecule has 2 aromatic carbocycles. The van der Waals surface area contributed by atoms with E-state index in [0.717, 1.165) is 22.9 Å². The van der Waals surface area contributed by atoms with Crippen molar-refractivity contribution in [3.8, 4) is 5.69 Å². The summed E-state index contributed by atoms with van der Waals surface area (Å²) in [5.41, 5.74) is 2.65. The summed E-state index contributed by atoms with van der Waals surface area (Å²) < 4.78 is 41.8. The van der Waals surface area contributed by atoms with E-state index in [2.05, 4.69) is 15.6 Å². The smallest absolute Gasteiger partial charge is 0.243 e. The fourth-order valence-electron chi connectivity index (χ4n) is 2.90. The van der Waals surface area contributed by atoms with Crippen molar-refractivity contribution >= 4 is 29.3 Å². The lowest BCUT2D eigenvalue weighted by molar-refractivity contribution is -0.123. The second-order valence-corrected chi connectivity index (χ2v) is 8.36. The lowest BCUT2D eigenvalue weighted by Crippen LogP contribution is -2.37. The lowest BCUT2D eigenvalue weighted by atomic mass is 10.1. The number of anilines is 1. The minimum atomic E-state index is -1.68. The number of hydrogen-bond donors (Lipinski definition) is 2. The summed E-state index contributed by atoms with van der Waals surface area (Å²) in [6.07, 6.45) is 3.44. The molecule has 1 unspecified atom stereocenters. The van der Waals surface area contributed by atoms with Gasteiger partial charge in [0.15, 0.2) is 22.6 Å². The predicted octanol–water partition coefficient (Wildman–Crippen LogP) is 4.14. The first-order valence-electron chi connectivity index (χ1n) is 9.66. The van der Waals surface area contributed by atoms with Crippen LogP contribution in [0.3, 0.4) is 0 Å². The summed E-state index contributed by atoms with van der Waals surface area (Å²) in [6, 6.07) is 7.51. The molecule has 3 rings (SSSR count). The number of rotatable bonds is 7. The van der Waals surface area contributed by atoms with Gasteiger partial charge in [-0.05, 0) is 50.1 Å². The van der Waals surface area contributed by atoms with Crippen LogP contribution in [0.5, 0.6) is 0 Å². The molecule has 3 aromatic rings. The van der Waals surface area contributed by atoms with Crippen LogP contribution in [0.25, 0.3) is 5.69 Å². The van der Waals surface area contributed by atoms with Gasteiger partial charge in [0.2, 0.25) is 11.8 Å². The minimum absolute atomic E-state index is 0.438. The van der Waals surface area contributed by atoms with E-state index in [1.807, 2.05) is 36.6 Å². The number of thioether (sulfide) groups is 1. The van der Waals surface area contributed by atoms with E-state index in [1.165, 1.54) is 11.8 Å². The van der Waals surface area contributed by atoms with Gasteiger partial charge in [-0.2, -0.15) is 0 Å². The largest absolute Gasteiger partial charge is 0.346 e. The molecule has 0 bridgehead atoms. The van der Waals surface area contributed by atoms with E-state index in [0.29, 0.717) is 11.2 Å². The average molecular weight is 462 g/mol. The minimum Gasteiger partial charge on any atom is -0.346 e. The van der Waals surface area contributed by atoms with Crippen LogP contribution in [0.2, 0.25) is 0 Å². The summed E-state index contributed by atoms with van der Waals surface area (Å²) >= 11 is 1.21. The first-order valence-corrected chi connectivity index (χ1v) is 10.5. The third-order valence-corrected chi connectivity index (χ3v) is 5.91. The molecule has 168 valence electrons. The van der Waals surface area contributed by atoms with Gasteiger partial charge in [-0.1, -0.05) is 23.9 Å². The van der Waals surface area contributed by atoms with Crippen LogP contribution >= 0.6 is 11.8 Å². The van der Waals surface area contributed by atoms with E-state index in [4.69, 9.17) is 0 Å². The number of imidazole rings is 1. The van der Waals surface area contributed by atoms with E-state index < -0.39 is 46.7 Å². The topological polar surface area (TPSA) is 76.0 Å². The molecular formula is C22H21F3N4O2S. The van der Waals surface area contributed by atoms with Crippen molar-refractivity contribution in [2.24, 2.45) is 0 Å². The predicted molar refractivity (Wildman–Crippen MR) is 116 cm³/mol. The van der Waals surface area contributed by atoms with Crippen LogP contribution in [-0.2, 0) is 9.59 Å². The summed E-state index contributed by atoms with van der Waals surface area (Å²) in [7, 11) is 0. The van der Waals surface area contributed by atoms with Crippen LogP contribution in [-0.4, -0.2) is 33.2 Å². The zero-order valence-corrected chi connectivity index (χ0v) is 18.4. The number of halogens is 3. The SMILES string of the molecule is Cc1cccc(-n2ccnc2SC(C)C(=O)NCC(=O)Nc2ccc(F)c(F)c2F)c1C. The van der Waals surface area contributed by atoms with Crippen molar-refractivity contribution < 1.29 is 22.8 Å². The quantitative estimate of drug-likeness (QED) is 0.409. The molecule has 1 atom stereocenters. The highest BCUT2D eigenvalue weighted by Gasteiger charge is 2.20. The Bertz CT molecular complexity index is 1170. The molecule has 0 saturated carbocycles. The van der Waals surface area contributed by atoms with Gasteiger partial charge in [0.25, 0.3) is 0 Å². The zero-order chi connectivity index (χ0) is 23.4. The fraction of sp³-hybridized carbons (Fsp3) is 0.227. The van der Waals surface area contributed by atoms with Gasteiger partial charge in [-0.25, -0.2) is 18.2 Å². The van der Waals surface area contributed by atoms with Crippen molar-refractivity contribution in [1.82, 2.24) is 14.9 Å². The van der Waals surface area contributed by atoms with Gasteiger partial charge in [0.05, 0.1) is 23.2 Å². The number of amides is 2. The number of hydrogen-bond acceptors (Lipinski definition) is 4. The van der Waals surface area contributed by atoms with Gasteiger partial charge in [-0.3, -0.25) is 14.2 Å². The number of carbonyl (C=O) groups excluding carboxylic acids is 2. The van der Waals surface area contributed by atoms with E-state index in [-0.39, 0.29) is 0 Å². The number of benzene rings is 2. The molecular weight excluding hydrogens is 441 g/mol. The second-order valence-electron chi connectivity index (χ2n) is 7.05. The van der Waals surface area contributed by atoms with Gasteiger partial charge in [-0.15, -0.1) is 0 Å². The maximum absolute atomic E-state index is 13.7. The third-order valence-electron chi connectivity index (χ3n) is 4.83. The molecule has 0 aliphatic heterocycles. The van der Waals surface area contributed by atoms with Crippen molar-refractivity contribution in [3.05, 3.63) is 71.3 Å². The van der Waals surface area contributed by atoms with E-state index in [1.54, 1.807) is 19.3 Å². The highest BCUT2D eigenvalue weighted by atomic mass is 32.2. The molecule has 10 heteroatoms. The fourth-order valence-corrected chi connectivity index (χ4v) is 3.80. The van der Waals surface area contributed by atoms with Crippen LogP contribution in [0.15, 0.2) is 47.9 Å². The first kappa shape index (κ1) is 23.4. The maximum atomic E-state index is 13.7. The van der Waals surface area contributed by atoms with Crippen molar-refractivity contribution in [1.29, 1.82) is 0 Å². The number of aryl methyl sites for hydroxylation is 1. The normalized spacial score (nSPS) is 11.8. The summed E-state index contributed by atoms with van der Waals surface area (Å²) in [5, 5.41) is 4.56. The Balaban J connectivity index is 1.59. The lowest BCUT2D eigenvalue weighted by Gasteiger charge is -2.15. The Morgan fingerprint density at radius 1 is 1.12 bits per heavy atom. The molecule has 0 spiro atoms. The Morgan fingerprint density at radius 2 is 1.88 bits per heavy atom. The van der Waals surface area contributed by atoms with E-state index in [9.17, 15) is 22.8 Å². The molecule has 0 fully saturated rings. The van der Waals surface area contributed by atoms with Crippen LogP contribution in [0, 0.1) is 31.3 Å². The first-order chi connectivity index (χ1) is 15.2. The Hall–Kier alpha value is -3.27. The molecule has 2 amide bonds. The third kappa shape index (κ3) is 5.13. The molecule has 0 saturated heterocycles.